The van der Waals surface area contributed by atoms with Gasteiger partial charge in [0.15, 0.2) is 5.75 Å². The minimum Gasteiger partial charge on any atom is -0.497 e. The fourth-order valence-corrected chi connectivity index (χ4v) is 10.9. The van der Waals surface area contributed by atoms with E-state index in [2.05, 4.69) is 66.7 Å². The quantitative estimate of drug-likeness (QED) is 0.222. The van der Waals surface area contributed by atoms with Gasteiger partial charge in [0.25, 0.3) is 5.56 Å². The van der Waals surface area contributed by atoms with Crippen LogP contribution in [0, 0.1) is 5.92 Å². The zero-order chi connectivity index (χ0) is 31.3. The lowest BCUT2D eigenvalue weighted by molar-refractivity contribution is 0.0250. The van der Waals surface area contributed by atoms with E-state index in [9.17, 15) is 9.90 Å². The zero-order valence-electron chi connectivity index (χ0n) is 26.3. The Hall–Kier alpha value is -3.73. The summed E-state index contributed by atoms with van der Waals surface area (Å²) >= 11 is 0. The van der Waals surface area contributed by atoms with Crippen molar-refractivity contribution >= 4 is 13.3 Å². The first-order valence-corrected chi connectivity index (χ1v) is 18.5. The molecule has 1 aliphatic heterocycles. The first kappa shape index (κ1) is 31.7. The lowest BCUT2D eigenvalue weighted by Crippen LogP contribution is -2.50. The van der Waals surface area contributed by atoms with Gasteiger partial charge in [-0.15, -0.1) is 5.10 Å². The Balaban J connectivity index is 1.32. The summed E-state index contributed by atoms with van der Waals surface area (Å²) in [6, 6.07) is 20.3. The van der Waals surface area contributed by atoms with Crippen LogP contribution in [-0.2, 0) is 24.1 Å². The van der Waals surface area contributed by atoms with Crippen LogP contribution in [0.1, 0.15) is 31.0 Å². The second-order valence-corrected chi connectivity index (χ2v) is 16.9. The van der Waals surface area contributed by atoms with Crippen molar-refractivity contribution in [1.82, 2.24) is 19.6 Å². The molecule has 2 aromatic carbocycles. The van der Waals surface area contributed by atoms with E-state index in [0.29, 0.717) is 23.6 Å². The van der Waals surface area contributed by atoms with Gasteiger partial charge in [-0.25, -0.2) is 0 Å². The summed E-state index contributed by atoms with van der Waals surface area (Å²) in [5, 5.41) is 19.2. The lowest BCUT2D eigenvalue weighted by Gasteiger charge is -2.36. The summed E-state index contributed by atoms with van der Waals surface area (Å²) in [6.45, 7) is 8.07. The van der Waals surface area contributed by atoms with Crippen molar-refractivity contribution in [3.05, 3.63) is 94.7 Å². The van der Waals surface area contributed by atoms with E-state index in [-0.39, 0.29) is 24.4 Å². The van der Waals surface area contributed by atoms with Crippen molar-refractivity contribution in [2.45, 2.75) is 70.0 Å². The van der Waals surface area contributed by atoms with Crippen LogP contribution in [0.5, 0.6) is 11.5 Å². The molecule has 2 aromatic heterocycles. The molecule has 0 unspecified atom stereocenters. The maximum Gasteiger partial charge on any atom is 0.297 e. The highest BCUT2D eigenvalue weighted by Crippen LogP contribution is 2.46. The fraction of sp³-hybridized carbons (Fsp3) is 0.441. The van der Waals surface area contributed by atoms with E-state index in [1.165, 1.54) is 17.9 Å². The molecule has 44 heavy (non-hydrogen) atoms. The summed E-state index contributed by atoms with van der Waals surface area (Å²) in [4.78, 5) is 12.7. The van der Waals surface area contributed by atoms with E-state index in [0.717, 1.165) is 42.9 Å². The molecular weight excluding hydrogens is 572 g/mol. The van der Waals surface area contributed by atoms with E-state index in [1.807, 2.05) is 29.1 Å². The number of aliphatic hydroxyl groups is 1. The number of aliphatic hydroxyl groups excluding tert-OH is 1. The second kappa shape index (κ2) is 13.9. The summed E-state index contributed by atoms with van der Waals surface area (Å²) < 4.78 is 21.0. The Labute approximate surface area is 260 Å². The Morgan fingerprint density at radius 3 is 2.39 bits per heavy atom. The van der Waals surface area contributed by atoms with Gasteiger partial charge >= 0.3 is 0 Å². The molecule has 9 nitrogen and oxygen atoms in total. The number of aryl methyl sites for hydroxylation is 2. The normalized spacial score (nSPS) is 20.1. The summed E-state index contributed by atoms with van der Waals surface area (Å²) in [7, 11) is 1.25. The topological polar surface area (TPSA) is 101 Å². The van der Waals surface area contributed by atoms with Crippen molar-refractivity contribution in [1.29, 1.82) is 0 Å². The van der Waals surface area contributed by atoms with Gasteiger partial charge in [0.1, 0.15) is 5.75 Å². The smallest absolute Gasteiger partial charge is 0.297 e. The Kier molecular flexibility index (Phi) is 10.0. The molecule has 4 atom stereocenters. The second-order valence-electron chi connectivity index (χ2n) is 12.2. The third kappa shape index (κ3) is 6.82. The van der Waals surface area contributed by atoms with Crippen LogP contribution in [0.15, 0.2) is 77.9 Å². The Morgan fingerprint density at radius 1 is 0.955 bits per heavy atom. The third-order valence-corrected chi connectivity index (χ3v) is 13.6. The standard InChI is InChI=1S/C34H44N4O5Si/c1-24-30(17-10-25-8-11-27(12-9-25)38-20-6-7-32(42-3)34(38)40)43-31(18-21-37-23-26(19-22-39)35-36-37)33(24)44(4,5)29-15-13-28(41-2)14-16-29/h6-9,11-16,20,23-24,30-31,33,39H,10,17-19,21-22H2,1-5H3/t24-,30+,31-,33+/m1/s1. The molecule has 0 radical (unpaired) electrons. The molecule has 0 saturated carbocycles. The van der Waals surface area contributed by atoms with Gasteiger partial charge in [-0.2, -0.15) is 0 Å². The molecular formula is C34H44N4O5Si. The lowest BCUT2D eigenvalue weighted by atomic mass is 9.95. The molecule has 0 aliphatic carbocycles. The highest BCUT2D eigenvalue weighted by molar-refractivity contribution is 6.91. The van der Waals surface area contributed by atoms with E-state index >= 15 is 0 Å². The molecule has 0 amide bonds. The van der Waals surface area contributed by atoms with Crippen molar-refractivity contribution < 1.29 is 19.3 Å². The van der Waals surface area contributed by atoms with Crippen LogP contribution in [0.2, 0.25) is 18.6 Å². The van der Waals surface area contributed by atoms with Gasteiger partial charge in [0.05, 0.1) is 40.2 Å². The van der Waals surface area contributed by atoms with Crippen molar-refractivity contribution in [2.24, 2.45) is 5.92 Å². The summed E-state index contributed by atoms with van der Waals surface area (Å²) in [6.07, 6.45) is 7.10. The largest absolute Gasteiger partial charge is 0.497 e. The first-order chi connectivity index (χ1) is 21.2. The van der Waals surface area contributed by atoms with Crippen LogP contribution in [0.3, 0.4) is 0 Å². The van der Waals surface area contributed by atoms with Crippen LogP contribution in [-0.4, -0.2) is 65.8 Å². The molecule has 3 heterocycles. The van der Waals surface area contributed by atoms with E-state index in [4.69, 9.17) is 14.2 Å². The molecule has 10 heteroatoms. The summed E-state index contributed by atoms with van der Waals surface area (Å²) in [5.74, 6) is 1.58. The highest BCUT2D eigenvalue weighted by Gasteiger charge is 2.50. The van der Waals surface area contributed by atoms with Crippen molar-refractivity contribution in [3.63, 3.8) is 0 Å². The Bertz CT molecular complexity index is 1570. The highest BCUT2D eigenvalue weighted by atomic mass is 28.3. The van der Waals surface area contributed by atoms with Gasteiger partial charge < -0.3 is 19.3 Å². The number of hydrogen-bond acceptors (Lipinski definition) is 7. The number of rotatable bonds is 13. The number of nitrogens with zero attached hydrogens (tertiary/aromatic N) is 4. The van der Waals surface area contributed by atoms with Gasteiger partial charge in [-0.05, 0) is 72.7 Å². The van der Waals surface area contributed by atoms with Crippen LogP contribution in [0.4, 0.5) is 0 Å². The third-order valence-electron chi connectivity index (χ3n) is 9.23. The molecule has 0 spiro atoms. The summed E-state index contributed by atoms with van der Waals surface area (Å²) in [5.41, 5.74) is 3.07. The molecule has 1 fully saturated rings. The average molecular weight is 617 g/mol. The van der Waals surface area contributed by atoms with E-state index < -0.39 is 8.07 Å². The SMILES string of the molecule is COc1ccc([Si](C)(C)[C@H]2[C@H](C)[C@H](CCc3ccc(-n4cccc(OC)c4=O)cc3)O[C@@H]2CCn2cc(CCO)nn2)cc1. The van der Waals surface area contributed by atoms with Crippen LogP contribution in [0.25, 0.3) is 5.69 Å². The predicted molar refractivity (Wildman–Crippen MR) is 174 cm³/mol. The zero-order valence-corrected chi connectivity index (χ0v) is 27.3. The first-order valence-electron chi connectivity index (χ1n) is 15.4. The minimum atomic E-state index is -1.96. The molecule has 234 valence electrons. The minimum absolute atomic E-state index is 0.0651. The fourth-order valence-electron chi connectivity index (χ4n) is 6.82. The van der Waals surface area contributed by atoms with Gasteiger partial charge in [-0.3, -0.25) is 14.0 Å². The number of aromatic nitrogens is 4. The molecule has 0 bridgehead atoms. The maximum atomic E-state index is 12.7. The Morgan fingerprint density at radius 2 is 1.70 bits per heavy atom. The molecule has 1 aliphatic rings. The van der Waals surface area contributed by atoms with E-state index in [1.54, 1.807) is 23.9 Å². The predicted octanol–water partition coefficient (Wildman–Crippen LogP) is 4.39. The number of methoxy groups -OCH3 is 2. The number of pyridine rings is 1. The van der Waals surface area contributed by atoms with Crippen LogP contribution >= 0.6 is 0 Å². The van der Waals surface area contributed by atoms with Crippen molar-refractivity contribution in [2.75, 3.05) is 20.8 Å². The van der Waals surface area contributed by atoms with Gasteiger partial charge in [0, 0.05) is 37.7 Å². The maximum absolute atomic E-state index is 12.7. The van der Waals surface area contributed by atoms with Crippen molar-refractivity contribution in [3.8, 4) is 17.2 Å². The molecule has 5 rings (SSSR count). The van der Waals surface area contributed by atoms with Gasteiger partial charge in [-0.1, -0.05) is 54.7 Å². The average Bonchev–Trinajstić information content (AvgIpc) is 3.63. The van der Waals surface area contributed by atoms with Crippen LogP contribution < -0.4 is 20.2 Å². The molecule has 1 N–H and O–H groups in total. The van der Waals surface area contributed by atoms with Gasteiger partial charge in [0.2, 0.25) is 0 Å². The number of benzene rings is 2. The number of hydrogen-bond donors (Lipinski definition) is 1. The monoisotopic (exact) mass is 616 g/mol. The number of ether oxygens (including phenoxy) is 3. The molecule has 4 aromatic rings. The molecule has 1 saturated heterocycles.